The number of carbonyl (C=O) groups excluding carboxylic acids is 2. The van der Waals surface area contributed by atoms with Gasteiger partial charge < -0.3 is 14.6 Å². The normalized spacial score (nSPS) is 22.6. The van der Waals surface area contributed by atoms with Crippen LogP contribution in [0.25, 0.3) is 0 Å². The summed E-state index contributed by atoms with van der Waals surface area (Å²) in [7, 11) is -2.10. The number of unbranched alkanes of at least 4 members (excludes halogenated alkanes) is 1. The molecular weight excluding hydrogens is 552 g/mol. The number of benzene rings is 1. The molecule has 0 amide bonds. The molecule has 3 rings (SSSR count). The number of aliphatic hydroxyl groups is 1. The summed E-state index contributed by atoms with van der Waals surface area (Å²) in [6.07, 6.45) is 15.3. The van der Waals surface area contributed by atoms with Crippen molar-refractivity contribution in [3.63, 3.8) is 0 Å². The van der Waals surface area contributed by atoms with Crippen LogP contribution >= 0.6 is 0 Å². The Labute approximate surface area is 262 Å². The summed E-state index contributed by atoms with van der Waals surface area (Å²) in [5, 5.41) is 10.8. The molecular formula is C37H58O5Si. The number of hydrogen-bond acceptors (Lipinski definition) is 5. The minimum Gasteiger partial charge on any atom is -0.457 e. The molecule has 2 aliphatic rings. The van der Waals surface area contributed by atoms with Gasteiger partial charge in [-0.1, -0.05) is 83.5 Å². The van der Waals surface area contributed by atoms with Gasteiger partial charge in [-0.05, 0) is 104 Å². The van der Waals surface area contributed by atoms with E-state index in [2.05, 4.69) is 45.3 Å². The summed E-state index contributed by atoms with van der Waals surface area (Å²) in [4.78, 5) is 24.9. The topological polar surface area (TPSA) is 72.8 Å². The van der Waals surface area contributed by atoms with Crippen LogP contribution in [0.15, 0.2) is 36.4 Å². The molecule has 1 N–H and O–H groups in total. The minimum absolute atomic E-state index is 0.137. The van der Waals surface area contributed by atoms with E-state index < -0.39 is 20.0 Å². The number of esters is 2. The van der Waals surface area contributed by atoms with E-state index in [0.29, 0.717) is 23.5 Å². The summed E-state index contributed by atoms with van der Waals surface area (Å²) < 4.78 is 11.5. The third-order valence-corrected chi connectivity index (χ3v) is 13.7. The molecule has 2 saturated carbocycles. The summed E-state index contributed by atoms with van der Waals surface area (Å²) in [5.41, 5.74) is 4.04. The van der Waals surface area contributed by atoms with E-state index in [1.165, 1.54) is 81.4 Å². The molecule has 5 nitrogen and oxygen atoms in total. The van der Waals surface area contributed by atoms with E-state index in [4.69, 9.17) is 9.47 Å². The lowest BCUT2D eigenvalue weighted by molar-refractivity contribution is -0.140. The van der Waals surface area contributed by atoms with Crippen LogP contribution < -0.4 is 5.19 Å². The van der Waals surface area contributed by atoms with Gasteiger partial charge in [0.2, 0.25) is 0 Å². The highest BCUT2D eigenvalue weighted by atomic mass is 28.3. The van der Waals surface area contributed by atoms with Crippen molar-refractivity contribution in [1.29, 1.82) is 0 Å². The highest BCUT2D eigenvalue weighted by Gasteiger charge is 2.34. The first kappa shape index (κ1) is 35.3. The summed E-state index contributed by atoms with van der Waals surface area (Å²) in [5.74, 6) is 2.32. The highest BCUT2D eigenvalue weighted by Crippen LogP contribution is 2.45. The molecule has 0 atom stereocenters. The Morgan fingerprint density at radius 3 is 1.77 bits per heavy atom. The van der Waals surface area contributed by atoms with Crippen molar-refractivity contribution in [3.05, 3.63) is 53.1 Å². The van der Waals surface area contributed by atoms with Crippen LogP contribution in [-0.4, -0.2) is 31.7 Å². The third-order valence-electron chi connectivity index (χ3n) is 10.1. The van der Waals surface area contributed by atoms with Crippen LogP contribution in [0.1, 0.15) is 120 Å². The average molecular weight is 611 g/mol. The van der Waals surface area contributed by atoms with E-state index in [-0.39, 0.29) is 19.8 Å². The smallest absolute Gasteiger partial charge is 0.333 e. The van der Waals surface area contributed by atoms with Gasteiger partial charge in [-0.15, -0.1) is 0 Å². The van der Waals surface area contributed by atoms with Gasteiger partial charge >= 0.3 is 11.9 Å². The maximum Gasteiger partial charge on any atom is 0.333 e. The SMILES string of the molecule is C=C(C)C(=O)OCc1cc(C2CCC(C3CCC(CCCC)CC3)CC2)cc(COC(=O)C(=C)C)c1[Si](C)(C)CCCO. The van der Waals surface area contributed by atoms with Gasteiger partial charge in [0.15, 0.2) is 0 Å². The van der Waals surface area contributed by atoms with E-state index >= 15 is 0 Å². The predicted molar refractivity (Wildman–Crippen MR) is 179 cm³/mol. The summed E-state index contributed by atoms with van der Waals surface area (Å²) >= 11 is 0. The average Bonchev–Trinajstić information content (AvgIpc) is 3.00. The highest BCUT2D eigenvalue weighted by molar-refractivity contribution is 6.90. The standard InChI is InChI=1S/C37H58O5Si/c1-8-9-11-28-12-14-29(15-13-28)30-16-18-31(19-17-30)32-22-33(24-41-36(39)26(2)3)35(43(6,7)21-10-20-38)34(23-32)25-42-37(40)27(4)5/h22-23,28-31,38H,2,4,8-21,24-25H2,1,3,5-7H3. The van der Waals surface area contributed by atoms with Gasteiger partial charge in [0.05, 0.1) is 8.07 Å². The Morgan fingerprint density at radius 1 is 0.837 bits per heavy atom. The Kier molecular flexibility index (Phi) is 13.8. The first-order chi connectivity index (χ1) is 20.5. The van der Waals surface area contributed by atoms with Crippen LogP contribution in [0, 0.1) is 17.8 Å². The molecule has 1 aromatic rings. The zero-order valence-corrected chi connectivity index (χ0v) is 28.8. The fourth-order valence-corrected chi connectivity index (χ4v) is 11.0. The largest absolute Gasteiger partial charge is 0.457 e. The lowest BCUT2D eigenvalue weighted by Gasteiger charge is -2.38. The van der Waals surface area contributed by atoms with Crippen molar-refractivity contribution in [2.45, 2.75) is 136 Å². The van der Waals surface area contributed by atoms with Gasteiger partial charge in [-0.2, -0.15) is 0 Å². The van der Waals surface area contributed by atoms with Crippen molar-refractivity contribution in [3.8, 4) is 0 Å². The maximum absolute atomic E-state index is 12.4. The molecule has 6 heteroatoms. The number of aliphatic hydroxyl groups excluding tert-OH is 1. The second kappa shape index (κ2) is 16.8. The first-order valence-corrected chi connectivity index (χ1v) is 20.1. The minimum atomic E-state index is -2.10. The number of hydrogen-bond donors (Lipinski definition) is 1. The van der Waals surface area contributed by atoms with Crippen molar-refractivity contribution < 1.29 is 24.2 Å². The Hall–Kier alpha value is -2.18. The summed E-state index contributed by atoms with van der Waals surface area (Å²) in [6.45, 7) is 18.2. The molecule has 2 aliphatic carbocycles. The lowest BCUT2D eigenvalue weighted by atomic mass is 9.68. The lowest BCUT2D eigenvalue weighted by Crippen LogP contribution is -2.46. The van der Waals surface area contributed by atoms with Gasteiger partial charge in [0.25, 0.3) is 0 Å². The van der Waals surface area contributed by atoms with E-state index in [1.54, 1.807) is 13.8 Å². The Balaban J connectivity index is 1.86. The van der Waals surface area contributed by atoms with E-state index in [0.717, 1.165) is 34.9 Å². The van der Waals surface area contributed by atoms with E-state index in [1.807, 2.05) is 0 Å². The Bertz CT molecular complexity index is 1060. The predicted octanol–water partition coefficient (Wildman–Crippen LogP) is 8.49. The van der Waals surface area contributed by atoms with Crippen LogP contribution in [-0.2, 0) is 32.3 Å². The number of rotatable bonds is 15. The molecule has 0 aromatic heterocycles. The number of ether oxygens (including phenoxy) is 2. The molecule has 0 bridgehead atoms. The van der Waals surface area contributed by atoms with Gasteiger partial charge in [-0.3, -0.25) is 0 Å². The molecule has 0 heterocycles. The van der Waals surface area contributed by atoms with Gasteiger partial charge in [0.1, 0.15) is 13.2 Å². The van der Waals surface area contributed by atoms with Crippen molar-refractivity contribution in [2.75, 3.05) is 6.61 Å². The van der Waals surface area contributed by atoms with Crippen LogP contribution in [0.3, 0.4) is 0 Å². The van der Waals surface area contributed by atoms with Crippen molar-refractivity contribution in [2.24, 2.45) is 17.8 Å². The van der Waals surface area contributed by atoms with Gasteiger partial charge in [0, 0.05) is 17.8 Å². The Morgan fingerprint density at radius 2 is 1.33 bits per heavy atom. The zero-order chi connectivity index (χ0) is 31.6. The first-order valence-electron chi connectivity index (χ1n) is 16.9. The fraction of sp³-hybridized carbons (Fsp3) is 0.676. The molecule has 0 aliphatic heterocycles. The van der Waals surface area contributed by atoms with Gasteiger partial charge in [-0.25, -0.2) is 9.59 Å². The summed E-state index contributed by atoms with van der Waals surface area (Å²) in [6, 6.07) is 5.42. The van der Waals surface area contributed by atoms with Crippen molar-refractivity contribution >= 4 is 25.2 Å². The zero-order valence-electron chi connectivity index (χ0n) is 27.8. The van der Waals surface area contributed by atoms with Crippen LogP contribution in [0.4, 0.5) is 0 Å². The fourth-order valence-electron chi connectivity index (χ4n) is 7.67. The third kappa shape index (κ3) is 10.2. The molecule has 0 radical (unpaired) electrons. The van der Waals surface area contributed by atoms with Crippen LogP contribution in [0.5, 0.6) is 0 Å². The maximum atomic E-state index is 12.4. The molecule has 2 fully saturated rings. The number of carbonyl (C=O) groups is 2. The monoisotopic (exact) mass is 610 g/mol. The molecule has 0 unspecified atom stereocenters. The molecule has 0 saturated heterocycles. The molecule has 43 heavy (non-hydrogen) atoms. The molecule has 0 spiro atoms. The molecule has 240 valence electrons. The van der Waals surface area contributed by atoms with Crippen LogP contribution in [0.2, 0.25) is 19.1 Å². The quantitative estimate of drug-likeness (QED) is 0.122. The second-order valence-corrected chi connectivity index (χ2v) is 18.9. The van der Waals surface area contributed by atoms with Crippen molar-refractivity contribution in [1.82, 2.24) is 0 Å². The second-order valence-electron chi connectivity index (χ2n) is 14.2. The molecule has 1 aromatic carbocycles. The van der Waals surface area contributed by atoms with E-state index in [9.17, 15) is 14.7 Å².